The van der Waals surface area contributed by atoms with Crippen molar-refractivity contribution in [3.8, 4) is 16.9 Å². The summed E-state index contributed by atoms with van der Waals surface area (Å²) in [6.45, 7) is 3.22. The smallest absolute Gasteiger partial charge is 0.226 e. The van der Waals surface area contributed by atoms with Crippen molar-refractivity contribution in [2.45, 2.75) is 25.3 Å². The van der Waals surface area contributed by atoms with Gasteiger partial charge in [0, 0.05) is 43.9 Å². The number of carbonyl (C=O) groups is 1. The third-order valence-corrected chi connectivity index (χ3v) is 6.77. The molecule has 36 heavy (non-hydrogen) atoms. The zero-order chi connectivity index (χ0) is 25.4. The third kappa shape index (κ3) is 4.66. The number of likely N-dealkylation sites (N-methyl/N-ethyl adjacent to an activating group) is 1. The molecular weight excluding hydrogens is 462 g/mol. The molecule has 0 spiro atoms. The summed E-state index contributed by atoms with van der Waals surface area (Å²) in [7, 11) is 3.80. The van der Waals surface area contributed by atoms with Gasteiger partial charge in [0.05, 0.1) is 29.7 Å². The second kappa shape index (κ2) is 9.66. The first-order valence-electron chi connectivity index (χ1n) is 11.9. The minimum atomic E-state index is -0.877. The lowest BCUT2D eigenvalue weighted by Gasteiger charge is -2.21. The second-order valence-electron chi connectivity index (χ2n) is 9.42. The summed E-state index contributed by atoms with van der Waals surface area (Å²) in [5, 5.41) is 12.2. The number of para-hydroxylation sites is 1. The number of nitrogens with zero attached hydrogens (tertiary/aromatic N) is 5. The van der Waals surface area contributed by atoms with Gasteiger partial charge < -0.3 is 10.2 Å². The van der Waals surface area contributed by atoms with Crippen LogP contribution in [0.4, 0.5) is 8.78 Å². The molecule has 2 aromatic heterocycles. The van der Waals surface area contributed by atoms with E-state index in [2.05, 4.69) is 15.3 Å². The van der Waals surface area contributed by atoms with Crippen molar-refractivity contribution in [2.75, 3.05) is 20.1 Å². The highest BCUT2D eigenvalue weighted by atomic mass is 19.2. The number of hydrogen-bond acceptors (Lipinski definition) is 4. The minimum Gasteiger partial charge on any atom is -0.351 e. The van der Waals surface area contributed by atoms with Crippen molar-refractivity contribution in [3.63, 3.8) is 0 Å². The van der Waals surface area contributed by atoms with Crippen molar-refractivity contribution < 1.29 is 13.6 Å². The van der Waals surface area contributed by atoms with Gasteiger partial charge in [-0.05, 0) is 49.4 Å². The Kier molecular flexibility index (Phi) is 6.40. The summed E-state index contributed by atoms with van der Waals surface area (Å²) in [6, 6.07) is 13.4. The first kappa shape index (κ1) is 23.9. The monoisotopic (exact) mass is 490 g/mol. The van der Waals surface area contributed by atoms with Crippen LogP contribution in [0.1, 0.15) is 22.7 Å². The molecule has 1 fully saturated rings. The molecule has 4 aromatic rings. The van der Waals surface area contributed by atoms with Gasteiger partial charge >= 0.3 is 0 Å². The molecule has 2 atom stereocenters. The fourth-order valence-electron chi connectivity index (χ4n) is 4.98. The molecule has 0 unspecified atom stereocenters. The van der Waals surface area contributed by atoms with Gasteiger partial charge in [-0.2, -0.15) is 10.2 Å². The normalized spacial score (nSPS) is 18.0. The largest absolute Gasteiger partial charge is 0.351 e. The van der Waals surface area contributed by atoms with Crippen molar-refractivity contribution in [2.24, 2.45) is 7.05 Å². The molecule has 1 aliphatic rings. The lowest BCUT2D eigenvalue weighted by Crippen LogP contribution is -2.40. The second-order valence-corrected chi connectivity index (χ2v) is 9.42. The molecule has 7 nitrogen and oxygen atoms in total. The molecule has 5 rings (SSSR count). The summed E-state index contributed by atoms with van der Waals surface area (Å²) in [5.74, 6) is -2.04. The van der Waals surface area contributed by atoms with E-state index >= 15 is 0 Å². The SMILES string of the molecule is Cc1c(-c2cnn(C)c2)nn(-c2ccccc2)c1CC(=O)N[C@@H]1CN(C)C[C@H]1c1ccc(F)c(F)c1. The first-order chi connectivity index (χ1) is 17.3. The van der Waals surface area contributed by atoms with E-state index in [1.54, 1.807) is 16.9 Å². The van der Waals surface area contributed by atoms with Crippen LogP contribution in [-0.4, -0.2) is 56.5 Å². The van der Waals surface area contributed by atoms with Gasteiger partial charge in [0.15, 0.2) is 11.6 Å². The number of amides is 1. The predicted octanol–water partition coefficient (Wildman–Crippen LogP) is 3.62. The molecule has 0 aliphatic carbocycles. The van der Waals surface area contributed by atoms with Crippen LogP contribution in [0.5, 0.6) is 0 Å². The van der Waals surface area contributed by atoms with Crippen LogP contribution >= 0.6 is 0 Å². The van der Waals surface area contributed by atoms with E-state index in [1.165, 1.54) is 6.07 Å². The van der Waals surface area contributed by atoms with Crippen LogP contribution in [0.2, 0.25) is 0 Å². The predicted molar refractivity (Wildman–Crippen MR) is 133 cm³/mol. The van der Waals surface area contributed by atoms with Crippen LogP contribution in [0.3, 0.4) is 0 Å². The first-order valence-corrected chi connectivity index (χ1v) is 11.9. The van der Waals surface area contributed by atoms with Crippen LogP contribution in [0, 0.1) is 18.6 Å². The lowest BCUT2D eigenvalue weighted by molar-refractivity contribution is -0.121. The van der Waals surface area contributed by atoms with E-state index in [9.17, 15) is 13.6 Å². The molecule has 1 N–H and O–H groups in total. The zero-order valence-electron chi connectivity index (χ0n) is 20.4. The molecular formula is C27H28F2N6O. The van der Waals surface area contributed by atoms with Crippen molar-refractivity contribution in [1.29, 1.82) is 0 Å². The fourth-order valence-corrected chi connectivity index (χ4v) is 4.98. The number of aromatic nitrogens is 4. The molecule has 0 radical (unpaired) electrons. The highest BCUT2D eigenvalue weighted by Gasteiger charge is 2.34. The van der Waals surface area contributed by atoms with E-state index in [0.717, 1.165) is 34.3 Å². The third-order valence-electron chi connectivity index (χ3n) is 6.77. The Hall–Kier alpha value is -3.85. The van der Waals surface area contributed by atoms with Gasteiger partial charge in [-0.15, -0.1) is 0 Å². The van der Waals surface area contributed by atoms with Crippen molar-refractivity contribution >= 4 is 5.91 Å². The minimum absolute atomic E-state index is 0.124. The van der Waals surface area contributed by atoms with Crippen LogP contribution in [0.25, 0.3) is 16.9 Å². The van der Waals surface area contributed by atoms with Gasteiger partial charge in [0.25, 0.3) is 0 Å². The maximum absolute atomic E-state index is 13.9. The van der Waals surface area contributed by atoms with Crippen molar-refractivity contribution in [1.82, 2.24) is 29.8 Å². The molecule has 0 bridgehead atoms. The molecule has 3 heterocycles. The Balaban J connectivity index is 1.42. The molecule has 9 heteroatoms. The van der Waals surface area contributed by atoms with Crippen LogP contribution < -0.4 is 5.32 Å². The number of carbonyl (C=O) groups excluding carboxylic acids is 1. The van der Waals surface area contributed by atoms with Crippen molar-refractivity contribution in [3.05, 3.63) is 89.4 Å². The van der Waals surface area contributed by atoms with Crippen LogP contribution in [0.15, 0.2) is 60.9 Å². The average molecular weight is 491 g/mol. The molecule has 2 aromatic carbocycles. The summed E-state index contributed by atoms with van der Waals surface area (Å²) in [6.07, 6.45) is 3.78. The quantitative estimate of drug-likeness (QED) is 0.448. The fraction of sp³-hybridized carbons (Fsp3) is 0.296. The topological polar surface area (TPSA) is 68.0 Å². The summed E-state index contributed by atoms with van der Waals surface area (Å²) >= 11 is 0. The number of benzene rings is 2. The molecule has 1 aliphatic heterocycles. The Morgan fingerprint density at radius 1 is 1.08 bits per heavy atom. The maximum Gasteiger partial charge on any atom is 0.226 e. The van der Waals surface area contributed by atoms with Gasteiger partial charge in [-0.3, -0.25) is 9.48 Å². The summed E-state index contributed by atoms with van der Waals surface area (Å²) < 4.78 is 30.9. The number of nitrogens with one attached hydrogen (secondary N) is 1. The Morgan fingerprint density at radius 3 is 2.56 bits per heavy atom. The number of aryl methyl sites for hydroxylation is 1. The van der Waals surface area contributed by atoms with Gasteiger partial charge in [-0.25, -0.2) is 13.5 Å². The van der Waals surface area contributed by atoms with Crippen LogP contribution in [-0.2, 0) is 18.3 Å². The van der Waals surface area contributed by atoms with Gasteiger partial charge in [0.2, 0.25) is 5.91 Å². The number of hydrogen-bond donors (Lipinski definition) is 1. The Morgan fingerprint density at radius 2 is 1.86 bits per heavy atom. The standard InChI is InChI=1S/C27H28F2N6O/c1-17-25(35(20-7-5-4-6-8-20)32-27(17)19-13-30-34(3)14-19)12-26(36)31-24-16-33(2)15-21(24)18-9-10-22(28)23(29)11-18/h4-11,13-14,21,24H,12,15-16H2,1-3H3,(H,31,36)/t21-,24+/m0/s1. The number of rotatable bonds is 6. The van der Waals surface area contributed by atoms with Gasteiger partial charge in [-0.1, -0.05) is 24.3 Å². The number of halogens is 2. The lowest BCUT2D eigenvalue weighted by atomic mass is 9.94. The van der Waals surface area contributed by atoms with E-state index in [4.69, 9.17) is 5.10 Å². The highest BCUT2D eigenvalue weighted by molar-refractivity contribution is 5.80. The summed E-state index contributed by atoms with van der Waals surface area (Å²) in [5.41, 5.74) is 4.87. The molecule has 0 saturated carbocycles. The van der Waals surface area contributed by atoms with Gasteiger partial charge in [0.1, 0.15) is 0 Å². The average Bonchev–Trinajstić information content (AvgIpc) is 3.54. The highest BCUT2D eigenvalue weighted by Crippen LogP contribution is 2.29. The molecule has 1 saturated heterocycles. The number of likely N-dealkylation sites (tertiary alicyclic amines) is 1. The van der Waals surface area contributed by atoms with E-state index < -0.39 is 11.6 Å². The van der Waals surface area contributed by atoms with E-state index in [-0.39, 0.29) is 24.3 Å². The zero-order valence-corrected chi connectivity index (χ0v) is 20.4. The summed E-state index contributed by atoms with van der Waals surface area (Å²) in [4.78, 5) is 15.4. The Labute approximate surface area is 208 Å². The molecule has 186 valence electrons. The Bertz CT molecular complexity index is 1400. The maximum atomic E-state index is 13.9. The molecule has 1 amide bonds. The van der Waals surface area contributed by atoms with E-state index in [0.29, 0.717) is 18.7 Å². The van der Waals surface area contributed by atoms with E-state index in [1.807, 2.05) is 62.2 Å².